The van der Waals surface area contributed by atoms with E-state index < -0.39 is 0 Å². The molecule has 102 valence electrons. The van der Waals surface area contributed by atoms with Crippen molar-refractivity contribution in [2.75, 3.05) is 0 Å². The molecule has 0 nitrogen and oxygen atoms in total. The van der Waals surface area contributed by atoms with Gasteiger partial charge in [-0.15, -0.1) is 0 Å². The molecule has 19 heavy (non-hydrogen) atoms. The fourth-order valence-corrected chi connectivity index (χ4v) is 1.75. The number of rotatable bonds is 0. The maximum absolute atomic E-state index is 2.22. The van der Waals surface area contributed by atoms with E-state index in [4.69, 9.17) is 0 Å². The first-order chi connectivity index (χ1) is 8.21. The molecule has 0 unspecified atom stereocenters. The second-order valence-electron chi connectivity index (χ2n) is 6.85. The van der Waals surface area contributed by atoms with Gasteiger partial charge in [0, 0.05) is 0 Å². The van der Waals surface area contributed by atoms with Crippen LogP contribution in [0, 0.1) is 0 Å². The minimum absolute atomic E-state index is 0. The molecule has 2 rings (SSSR count). The van der Waals surface area contributed by atoms with Crippen molar-refractivity contribution in [2.24, 2.45) is 0 Å². The Hall–Kier alpha value is -0.586. The molecule has 0 atom stereocenters. The Morgan fingerprint density at radius 2 is 0.737 bits per heavy atom. The molecule has 0 bridgehead atoms. The summed E-state index contributed by atoms with van der Waals surface area (Å²) >= 11 is 0. The van der Waals surface area contributed by atoms with Gasteiger partial charge in [-0.1, -0.05) is 52.4 Å². The van der Waals surface area contributed by atoms with E-state index in [1.807, 2.05) is 0 Å². The first-order valence-corrected chi connectivity index (χ1v) is 6.65. The predicted octanol–water partition coefficient (Wildman–Crippen LogP) is 5.40. The van der Waals surface area contributed by atoms with Crippen LogP contribution in [0.25, 0.3) is 0 Å². The van der Waals surface area contributed by atoms with Crippen molar-refractivity contribution in [3.8, 4) is 0 Å². The van der Waals surface area contributed by atoms with E-state index in [0.717, 1.165) is 0 Å². The van der Waals surface area contributed by atoms with Gasteiger partial charge in [-0.05, 0) is 0 Å². The number of hydrogen-bond acceptors (Lipinski definition) is 0. The van der Waals surface area contributed by atoms with Crippen LogP contribution in [0.15, 0.2) is 48.5 Å². The SMILES string of the molecule is CC(C)(C)[c-]1cccc1.CC(C)(C)[c-]1cccc1.[Ti+2]. The van der Waals surface area contributed by atoms with Gasteiger partial charge in [-0.2, -0.15) is 35.4 Å². The fraction of sp³-hybridized carbons (Fsp3) is 0.444. The minimum atomic E-state index is 0. The smallest absolute Gasteiger partial charge is 0.213 e. The Balaban J connectivity index is 0.000000324. The average molecular weight is 290 g/mol. The molecule has 0 aromatic heterocycles. The Labute approximate surface area is 133 Å². The van der Waals surface area contributed by atoms with Crippen LogP contribution >= 0.6 is 0 Å². The molecule has 0 saturated heterocycles. The van der Waals surface area contributed by atoms with Gasteiger partial charge in [0.15, 0.2) is 0 Å². The zero-order valence-electron chi connectivity index (χ0n) is 13.1. The van der Waals surface area contributed by atoms with Gasteiger partial charge >= 0.3 is 21.7 Å². The molecule has 0 amide bonds. The summed E-state index contributed by atoms with van der Waals surface area (Å²) in [6.07, 6.45) is 0. The quantitative estimate of drug-likeness (QED) is 0.450. The second kappa shape index (κ2) is 7.26. The van der Waals surface area contributed by atoms with Gasteiger partial charge in [0.25, 0.3) is 0 Å². The molecule has 2 aromatic carbocycles. The van der Waals surface area contributed by atoms with Gasteiger partial charge in [0.1, 0.15) is 0 Å². The van der Waals surface area contributed by atoms with Crippen LogP contribution in [-0.2, 0) is 32.5 Å². The zero-order chi connectivity index (χ0) is 13.8. The molecule has 0 aliphatic heterocycles. The van der Waals surface area contributed by atoms with E-state index in [0.29, 0.717) is 10.8 Å². The third kappa shape index (κ3) is 6.41. The van der Waals surface area contributed by atoms with Crippen molar-refractivity contribution in [1.29, 1.82) is 0 Å². The van der Waals surface area contributed by atoms with Crippen LogP contribution < -0.4 is 0 Å². The van der Waals surface area contributed by atoms with E-state index in [2.05, 4.69) is 90.1 Å². The molecular weight excluding hydrogens is 264 g/mol. The van der Waals surface area contributed by atoms with E-state index >= 15 is 0 Å². The first-order valence-electron chi connectivity index (χ1n) is 6.65. The third-order valence-electron chi connectivity index (χ3n) is 3.06. The molecule has 2 aromatic rings. The van der Waals surface area contributed by atoms with Gasteiger partial charge < -0.3 is 0 Å². The van der Waals surface area contributed by atoms with Crippen LogP contribution in [0.3, 0.4) is 0 Å². The summed E-state index contributed by atoms with van der Waals surface area (Å²) in [4.78, 5) is 0. The van der Waals surface area contributed by atoms with Crippen molar-refractivity contribution in [2.45, 2.75) is 52.4 Å². The molecule has 0 N–H and O–H groups in total. The summed E-state index contributed by atoms with van der Waals surface area (Å²) < 4.78 is 0. The van der Waals surface area contributed by atoms with Gasteiger partial charge in [0.2, 0.25) is 0 Å². The average Bonchev–Trinajstić information content (AvgIpc) is 2.91. The molecule has 0 heterocycles. The molecule has 0 fully saturated rings. The first kappa shape index (κ1) is 18.4. The summed E-state index contributed by atoms with van der Waals surface area (Å²) in [5.41, 5.74) is 3.48. The largest absolute Gasteiger partial charge is 2.00 e. The van der Waals surface area contributed by atoms with E-state index in [1.54, 1.807) is 0 Å². The van der Waals surface area contributed by atoms with Crippen LogP contribution in [-0.4, -0.2) is 0 Å². The monoisotopic (exact) mass is 290 g/mol. The Morgan fingerprint density at radius 1 is 0.526 bits per heavy atom. The normalized spacial score (nSPS) is 11.3. The Kier molecular flexibility index (Phi) is 7.04. The molecule has 0 saturated carbocycles. The van der Waals surface area contributed by atoms with Crippen molar-refractivity contribution >= 4 is 0 Å². The van der Waals surface area contributed by atoms with Crippen molar-refractivity contribution in [3.63, 3.8) is 0 Å². The maximum Gasteiger partial charge on any atom is 2.00 e. The summed E-state index contributed by atoms with van der Waals surface area (Å²) in [7, 11) is 0. The molecule has 0 aliphatic rings. The van der Waals surface area contributed by atoms with Crippen LogP contribution in [0.1, 0.15) is 52.7 Å². The number of hydrogen-bond donors (Lipinski definition) is 0. The summed E-state index contributed by atoms with van der Waals surface area (Å²) in [5.74, 6) is 0. The summed E-state index contributed by atoms with van der Waals surface area (Å²) in [6.45, 7) is 13.3. The second-order valence-corrected chi connectivity index (χ2v) is 6.85. The molecular formula is C18H26Ti. The van der Waals surface area contributed by atoms with E-state index in [-0.39, 0.29) is 21.7 Å². The van der Waals surface area contributed by atoms with Crippen LogP contribution in [0.4, 0.5) is 0 Å². The molecule has 0 radical (unpaired) electrons. The van der Waals surface area contributed by atoms with Crippen molar-refractivity contribution in [1.82, 2.24) is 0 Å². The predicted molar refractivity (Wildman–Crippen MR) is 81.5 cm³/mol. The fourth-order valence-electron chi connectivity index (χ4n) is 1.75. The van der Waals surface area contributed by atoms with Gasteiger partial charge in [0.05, 0.1) is 0 Å². The molecule has 0 spiro atoms. The Morgan fingerprint density at radius 3 is 0.842 bits per heavy atom. The maximum atomic E-state index is 2.22. The summed E-state index contributed by atoms with van der Waals surface area (Å²) in [5, 5.41) is 0. The van der Waals surface area contributed by atoms with Crippen LogP contribution in [0.2, 0.25) is 0 Å². The molecule has 1 heteroatoms. The summed E-state index contributed by atoms with van der Waals surface area (Å²) in [6, 6.07) is 17.0. The van der Waals surface area contributed by atoms with Crippen LogP contribution in [0.5, 0.6) is 0 Å². The van der Waals surface area contributed by atoms with Gasteiger partial charge in [-0.3, -0.25) is 0 Å². The third-order valence-corrected chi connectivity index (χ3v) is 3.06. The Bertz CT molecular complexity index is 375. The van der Waals surface area contributed by atoms with Gasteiger partial charge in [-0.25, -0.2) is 24.3 Å². The van der Waals surface area contributed by atoms with E-state index in [9.17, 15) is 0 Å². The zero-order valence-corrected chi connectivity index (χ0v) is 14.7. The topological polar surface area (TPSA) is 0 Å². The minimum Gasteiger partial charge on any atom is -0.213 e. The molecule has 0 aliphatic carbocycles. The van der Waals surface area contributed by atoms with Crippen molar-refractivity contribution < 1.29 is 21.7 Å². The standard InChI is InChI=1S/2C9H13.Ti/c2*1-9(2,3)8-6-4-5-7-8;/h2*4-7H,1-3H3;/q2*-1;+2. The van der Waals surface area contributed by atoms with Crippen molar-refractivity contribution in [3.05, 3.63) is 59.7 Å². The van der Waals surface area contributed by atoms with E-state index in [1.165, 1.54) is 11.1 Å².